The summed E-state index contributed by atoms with van der Waals surface area (Å²) in [6, 6.07) is 15.9. The number of piperidine rings is 1. The number of carbonyl (C=O) groups is 1. The lowest BCUT2D eigenvalue weighted by atomic mass is 9.99. The lowest BCUT2D eigenvalue weighted by Crippen LogP contribution is -2.36. The molecule has 1 aliphatic rings. The fraction of sp³-hybridized carbons (Fsp3) is 0.286. The SMILES string of the molecule is Cc1ccc(-c2nnc3ccccc3c2C(=O)N2CCCCC2)cc1. The highest BCUT2D eigenvalue weighted by Gasteiger charge is 2.25. The summed E-state index contributed by atoms with van der Waals surface area (Å²) in [5, 5.41) is 9.65. The van der Waals surface area contributed by atoms with Crippen LogP contribution in [0.2, 0.25) is 0 Å². The van der Waals surface area contributed by atoms with Crippen LogP contribution in [-0.2, 0) is 0 Å². The molecular weight excluding hydrogens is 310 g/mol. The molecule has 1 amide bonds. The third kappa shape index (κ3) is 3.00. The van der Waals surface area contributed by atoms with E-state index in [9.17, 15) is 4.79 Å². The van der Waals surface area contributed by atoms with E-state index in [4.69, 9.17) is 0 Å². The summed E-state index contributed by atoms with van der Waals surface area (Å²) < 4.78 is 0. The molecule has 2 aromatic carbocycles. The van der Waals surface area contributed by atoms with Gasteiger partial charge in [-0.3, -0.25) is 4.79 Å². The molecule has 1 aliphatic heterocycles. The summed E-state index contributed by atoms with van der Waals surface area (Å²) in [4.78, 5) is 15.3. The molecule has 0 N–H and O–H groups in total. The van der Waals surface area contributed by atoms with Gasteiger partial charge in [-0.2, -0.15) is 0 Å². The van der Waals surface area contributed by atoms with Crippen LogP contribution in [-0.4, -0.2) is 34.1 Å². The normalized spacial score (nSPS) is 14.7. The molecule has 0 spiro atoms. The van der Waals surface area contributed by atoms with E-state index in [1.807, 2.05) is 53.4 Å². The molecule has 25 heavy (non-hydrogen) atoms. The zero-order valence-corrected chi connectivity index (χ0v) is 14.4. The highest BCUT2D eigenvalue weighted by molar-refractivity contribution is 6.10. The number of fused-ring (bicyclic) bond motifs is 1. The van der Waals surface area contributed by atoms with Crippen molar-refractivity contribution < 1.29 is 4.79 Å². The van der Waals surface area contributed by atoms with Gasteiger partial charge in [-0.05, 0) is 32.3 Å². The van der Waals surface area contributed by atoms with Crippen molar-refractivity contribution in [2.75, 3.05) is 13.1 Å². The monoisotopic (exact) mass is 331 g/mol. The number of likely N-dealkylation sites (tertiary alicyclic amines) is 1. The highest BCUT2D eigenvalue weighted by atomic mass is 16.2. The van der Waals surface area contributed by atoms with Crippen molar-refractivity contribution in [2.24, 2.45) is 0 Å². The largest absolute Gasteiger partial charge is 0.339 e. The summed E-state index contributed by atoms with van der Waals surface area (Å²) in [6.07, 6.45) is 3.34. The van der Waals surface area contributed by atoms with E-state index in [1.165, 1.54) is 12.0 Å². The maximum atomic E-state index is 13.3. The Bertz CT molecular complexity index is 912. The average Bonchev–Trinajstić information content (AvgIpc) is 2.68. The van der Waals surface area contributed by atoms with E-state index in [1.54, 1.807) is 0 Å². The van der Waals surface area contributed by atoms with Gasteiger partial charge in [-0.1, -0.05) is 48.0 Å². The van der Waals surface area contributed by atoms with Crippen molar-refractivity contribution in [3.63, 3.8) is 0 Å². The van der Waals surface area contributed by atoms with E-state index >= 15 is 0 Å². The van der Waals surface area contributed by atoms with Crippen LogP contribution in [0.25, 0.3) is 22.2 Å². The van der Waals surface area contributed by atoms with Crippen molar-refractivity contribution >= 4 is 16.8 Å². The van der Waals surface area contributed by atoms with Gasteiger partial charge in [0.25, 0.3) is 5.91 Å². The first-order chi connectivity index (χ1) is 12.2. The number of aromatic nitrogens is 2. The minimum atomic E-state index is 0.0707. The molecule has 1 fully saturated rings. The Morgan fingerprint density at radius 2 is 1.64 bits per heavy atom. The van der Waals surface area contributed by atoms with E-state index in [-0.39, 0.29) is 5.91 Å². The van der Waals surface area contributed by atoms with Crippen LogP contribution in [0, 0.1) is 6.92 Å². The van der Waals surface area contributed by atoms with Gasteiger partial charge in [0.05, 0.1) is 11.1 Å². The molecule has 0 bridgehead atoms. The third-order valence-corrected chi connectivity index (χ3v) is 4.85. The molecule has 4 rings (SSSR count). The molecule has 4 nitrogen and oxygen atoms in total. The fourth-order valence-electron chi connectivity index (χ4n) is 3.44. The minimum Gasteiger partial charge on any atom is -0.339 e. The molecule has 0 saturated carbocycles. The predicted molar refractivity (Wildman–Crippen MR) is 99.5 cm³/mol. The number of aryl methyl sites for hydroxylation is 1. The Balaban J connectivity index is 1.90. The van der Waals surface area contributed by atoms with Gasteiger partial charge in [0, 0.05) is 24.0 Å². The Kier molecular flexibility index (Phi) is 4.18. The molecule has 3 aromatic rings. The standard InChI is InChI=1S/C21H21N3O/c1-15-9-11-16(12-10-15)20-19(21(25)24-13-5-2-6-14-24)17-7-3-4-8-18(17)22-23-20/h3-4,7-12H,2,5-6,13-14H2,1H3. The van der Waals surface area contributed by atoms with Gasteiger partial charge in [0.1, 0.15) is 5.69 Å². The summed E-state index contributed by atoms with van der Waals surface area (Å²) in [7, 11) is 0. The average molecular weight is 331 g/mol. The maximum Gasteiger partial charge on any atom is 0.256 e. The second kappa shape index (κ2) is 6.63. The molecule has 0 unspecified atom stereocenters. The van der Waals surface area contributed by atoms with Crippen molar-refractivity contribution in [3.8, 4) is 11.3 Å². The first-order valence-corrected chi connectivity index (χ1v) is 8.86. The second-order valence-corrected chi connectivity index (χ2v) is 6.66. The Morgan fingerprint density at radius 3 is 2.40 bits per heavy atom. The van der Waals surface area contributed by atoms with E-state index in [0.717, 1.165) is 42.4 Å². The van der Waals surface area contributed by atoms with E-state index in [0.29, 0.717) is 11.3 Å². The van der Waals surface area contributed by atoms with Crippen LogP contribution >= 0.6 is 0 Å². The number of benzene rings is 2. The number of nitrogens with zero attached hydrogens (tertiary/aromatic N) is 3. The topological polar surface area (TPSA) is 46.1 Å². The zero-order valence-electron chi connectivity index (χ0n) is 14.4. The summed E-state index contributed by atoms with van der Waals surface area (Å²) in [5.74, 6) is 0.0707. The van der Waals surface area contributed by atoms with Crippen LogP contribution in [0.3, 0.4) is 0 Å². The lowest BCUT2D eigenvalue weighted by molar-refractivity contribution is 0.0726. The maximum absolute atomic E-state index is 13.3. The summed E-state index contributed by atoms with van der Waals surface area (Å²) in [6.45, 7) is 3.70. The molecule has 0 radical (unpaired) electrons. The van der Waals surface area contributed by atoms with Gasteiger partial charge in [0.15, 0.2) is 0 Å². The summed E-state index contributed by atoms with van der Waals surface area (Å²) in [5.41, 5.74) is 4.23. The Labute approximate surface area is 147 Å². The molecular formula is C21H21N3O. The lowest BCUT2D eigenvalue weighted by Gasteiger charge is -2.27. The van der Waals surface area contributed by atoms with Crippen molar-refractivity contribution in [2.45, 2.75) is 26.2 Å². The van der Waals surface area contributed by atoms with Gasteiger partial charge < -0.3 is 4.90 Å². The van der Waals surface area contributed by atoms with Crippen LogP contribution in [0.4, 0.5) is 0 Å². The molecule has 126 valence electrons. The van der Waals surface area contributed by atoms with Gasteiger partial charge >= 0.3 is 0 Å². The van der Waals surface area contributed by atoms with E-state index in [2.05, 4.69) is 17.1 Å². The van der Waals surface area contributed by atoms with Crippen LogP contribution in [0.1, 0.15) is 35.2 Å². The Morgan fingerprint density at radius 1 is 0.920 bits per heavy atom. The smallest absolute Gasteiger partial charge is 0.256 e. The summed E-state index contributed by atoms with van der Waals surface area (Å²) >= 11 is 0. The van der Waals surface area contributed by atoms with Crippen molar-refractivity contribution in [3.05, 3.63) is 59.7 Å². The number of hydrogen-bond donors (Lipinski definition) is 0. The van der Waals surface area contributed by atoms with Gasteiger partial charge in [-0.25, -0.2) is 0 Å². The number of carbonyl (C=O) groups excluding carboxylic acids is 1. The quantitative estimate of drug-likeness (QED) is 0.706. The van der Waals surface area contributed by atoms with Crippen LogP contribution in [0.15, 0.2) is 48.5 Å². The first kappa shape index (κ1) is 15.8. The molecule has 1 aromatic heterocycles. The molecule has 0 aliphatic carbocycles. The van der Waals surface area contributed by atoms with Crippen LogP contribution < -0.4 is 0 Å². The van der Waals surface area contributed by atoms with Crippen molar-refractivity contribution in [1.82, 2.24) is 15.1 Å². The number of amides is 1. The second-order valence-electron chi connectivity index (χ2n) is 6.66. The minimum absolute atomic E-state index is 0.0707. The highest BCUT2D eigenvalue weighted by Crippen LogP contribution is 2.29. The van der Waals surface area contributed by atoms with Gasteiger partial charge in [0.2, 0.25) is 0 Å². The molecule has 2 heterocycles. The van der Waals surface area contributed by atoms with E-state index < -0.39 is 0 Å². The predicted octanol–water partition coefficient (Wildman–Crippen LogP) is 4.23. The third-order valence-electron chi connectivity index (χ3n) is 4.85. The molecule has 0 atom stereocenters. The zero-order chi connectivity index (χ0) is 17.2. The molecule has 1 saturated heterocycles. The number of hydrogen-bond acceptors (Lipinski definition) is 3. The fourth-order valence-corrected chi connectivity index (χ4v) is 3.44. The van der Waals surface area contributed by atoms with Crippen LogP contribution in [0.5, 0.6) is 0 Å². The number of rotatable bonds is 2. The molecule has 4 heteroatoms. The first-order valence-electron chi connectivity index (χ1n) is 8.86. The van der Waals surface area contributed by atoms with Crippen molar-refractivity contribution in [1.29, 1.82) is 0 Å². The Hall–Kier alpha value is -2.75. The van der Waals surface area contributed by atoms with Gasteiger partial charge in [-0.15, -0.1) is 10.2 Å².